The van der Waals surface area contributed by atoms with Crippen LogP contribution in [-0.4, -0.2) is 23.3 Å². The van der Waals surface area contributed by atoms with Crippen LogP contribution >= 0.6 is 0 Å². The maximum Gasteiger partial charge on any atom is 0.168 e. The van der Waals surface area contributed by atoms with Crippen LogP contribution in [0, 0.1) is 5.82 Å². The molecular weight excluding hydrogens is 197 g/mol. The van der Waals surface area contributed by atoms with Crippen molar-refractivity contribution < 1.29 is 14.6 Å². The third-order valence-corrected chi connectivity index (χ3v) is 2.83. The Labute approximate surface area is 87.6 Å². The Kier molecular flexibility index (Phi) is 2.77. The fraction of sp³-hybridized carbons (Fsp3) is 0.455. The van der Waals surface area contributed by atoms with E-state index in [0.29, 0.717) is 5.56 Å². The third-order valence-electron chi connectivity index (χ3n) is 2.83. The molecule has 0 aliphatic carbocycles. The lowest BCUT2D eigenvalue weighted by Gasteiger charge is -2.23. The van der Waals surface area contributed by atoms with Crippen molar-refractivity contribution in [2.45, 2.75) is 18.8 Å². The summed E-state index contributed by atoms with van der Waals surface area (Å²) >= 11 is 0. The van der Waals surface area contributed by atoms with Gasteiger partial charge in [0.1, 0.15) is 5.75 Å². The number of hydrogen-bond acceptors (Lipinski definition) is 3. The van der Waals surface area contributed by atoms with Crippen molar-refractivity contribution in [1.29, 1.82) is 0 Å². The van der Waals surface area contributed by atoms with Crippen molar-refractivity contribution in [3.63, 3.8) is 0 Å². The van der Waals surface area contributed by atoms with Gasteiger partial charge in [-0.1, -0.05) is 0 Å². The third kappa shape index (κ3) is 2.04. The summed E-state index contributed by atoms with van der Waals surface area (Å²) in [5, 5.41) is 22.0. The minimum atomic E-state index is -0.778. The second-order valence-corrected chi connectivity index (χ2v) is 3.91. The van der Waals surface area contributed by atoms with Crippen LogP contribution in [0.5, 0.6) is 11.5 Å². The van der Waals surface area contributed by atoms with Crippen LogP contribution in [0.3, 0.4) is 0 Å². The number of nitrogens with one attached hydrogen (secondary N) is 1. The lowest BCUT2D eigenvalue weighted by Crippen LogP contribution is -2.28. The van der Waals surface area contributed by atoms with E-state index in [1.54, 1.807) is 0 Å². The molecule has 1 saturated heterocycles. The summed E-state index contributed by atoms with van der Waals surface area (Å²) in [6.07, 6.45) is 1.98. The van der Waals surface area contributed by atoms with Gasteiger partial charge in [0.25, 0.3) is 0 Å². The fourth-order valence-electron chi connectivity index (χ4n) is 2.01. The fourth-order valence-corrected chi connectivity index (χ4v) is 2.01. The van der Waals surface area contributed by atoms with Gasteiger partial charge in [0.05, 0.1) is 0 Å². The Morgan fingerprint density at radius 2 is 2.07 bits per heavy atom. The molecule has 1 fully saturated rings. The Morgan fingerprint density at radius 1 is 1.27 bits per heavy atom. The van der Waals surface area contributed by atoms with Crippen LogP contribution in [0.25, 0.3) is 0 Å². The SMILES string of the molecule is Oc1cc(C2CCCNC2)c(O)cc1F. The van der Waals surface area contributed by atoms with E-state index in [0.717, 1.165) is 32.0 Å². The zero-order valence-corrected chi connectivity index (χ0v) is 8.33. The Hall–Kier alpha value is -1.29. The first kappa shape index (κ1) is 10.2. The summed E-state index contributed by atoms with van der Waals surface area (Å²) in [5.74, 6) is -1.09. The zero-order chi connectivity index (χ0) is 10.8. The van der Waals surface area contributed by atoms with Crippen molar-refractivity contribution in [3.05, 3.63) is 23.5 Å². The Balaban J connectivity index is 2.30. The van der Waals surface area contributed by atoms with E-state index in [-0.39, 0.29) is 11.7 Å². The van der Waals surface area contributed by atoms with Crippen LogP contribution in [-0.2, 0) is 0 Å². The molecule has 1 aliphatic rings. The molecule has 1 unspecified atom stereocenters. The second-order valence-electron chi connectivity index (χ2n) is 3.91. The number of phenols is 2. The van der Waals surface area contributed by atoms with Crippen LogP contribution in [0.1, 0.15) is 24.3 Å². The predicted molar refractivity (Wildman–Crippen MR) is 54.6 cm³/mol. The van der Waals surface area contributed by atoms with Gasteiger partial charge < -0.3 is 15.5 Å². The largest absolute Gasteiger partial charge is 0.508 e. The van der Waals surface area contributed by atoms with E-state index in [4.69, 9.17) is 0 Å². The number of phenolic OH excluding ortho intramolecular Hbond substituents is 2. The molecule has 3 nitrogen and oxygen atoms in total. The second kappa shape index (κ2) is 4.06. The zero-order valence-electron chi connectivity index (χ0n) is 8.33. The van der Waals surface area contributed by atoms with Crippen molar-refractivity contribution in [1.82, 2.24) is 5.32 Å². The Morgan fingerprint density at radius 3 is 2.73 bits per heavy atom. The summed E-state index contributed by atoms with van der Waals surface area (Å²) in [5.41, 5.74) is 0.626. The highest BCUT2D eigenvalue weighted by Gasteiger charge is 2.20. The smallest absolute Gasteiger partial charge is 0.168 e. The number of aromatic hydroxyl groups is 2. The first-order valence-electron chi connectivity index (χ1n) is 5.10. The van der Waals surface area contributed by atoms with Crippen LogP contribution in [0.2, 0.25) is 0 Å². The van der Waals surface area contributed by atoms with Crippen molar-refractivity contribution in [3.8, 4) is 11.5 Å². The molecule has 1 aromatic carbocycles. The average molecular weight is 211 g/mol. The lowest BCUT2D eigenvalue weighted by molar-refractivity contribution is 0.401. The standard InChI is InChI=1S/C11H14FNO2/c12-9-5-10(14)8(4-11(9)15)7-2-1-3-13-6-7/h4-5,7,13-15H,1-3,6H2. The van der Waals surface area contributed by atoms with Gasteiger partial charge in [-0.15, -0.1) is 0 Å². The number of benzene rings is 1. The number of halogens is 1. The monoisotopic (exact) mass is 211 g/mol. The number of rotatable bonds is 1. The molecule has 0 aromatic heterocycles. The van der Waals surface area contributed by atoms with E-state index in [1.807, 2.05) is 0 Å². The number of hydrogen-bond donors (Lipinski definition) is 3. The summed E-state index contributed by atoms with van der Waals surface area (Å²) in [7, 11) is 0. The molecule has 1 atom stereocenters. The van der Waals surface area contributed by atoms with Crippen molar-refractivity contribution >= 4 is 0 Å². The highest BCUT2D eigenvalue weighted by atomic mass is 19.1. The lowest BCUT2D eigenvalue weighted by atomic mass is 9.91. The predicted octanol–water partition coefficient (Wildman–Crippen LogP) is 1.70. The quantitative estimate of drug-likeness (QED) is 0.620. The Bertz CT molecular complexity index is 362. The van der Waals surface area contributed by atoms with Crippen LogP contribution in [0.4, 0.5) is 4.39 Å². The van der Waals surface area contributed by atoms with Gasteiger partial charge in [-0.2, -0.15) is 0 Å². The molecule has 0 radical (unpaired) electrons. The molecule has 4 heteroatoms. The molecule has 15 heavy (non-hydrogen) atoms. The molecular formula is C11H14FNO2. The first-order chi connectivity index (χ1) is 7.18. The summed E-state index contributed by atoms with van der Waals surface area (Å²) < 4.78 is 12.9. The molecule has 1 aromatic rings. The van der Waals surface area contributed by atoms with E-state index >= 15 is 0 Å². The van der Waals surface area contributed by atoms with Crippen LogP contribution < -0.4 is 5.32 Å². The number of piperidine rings is 1. The molecule has 0 amide bonds. The first-order valence-corrected chi connectivity index (χ1v) is 5.10. The highest BCUT2D eigenvalue weighted by Crippen LogP contribution is 2.34. The molecule has 82 valence electrons. The van der Waals surface area contributed by atoms with Gasteiger partial charge in [0.2, 0.25) is 0 Å². The normalized spacial score (nSPS) is 21.5. The van der Waals surface area contributed by atoms with Gasteiger partial charge >= 0.3 is 0 Å². The molecule has 1 heterocycles. The summed E-state index contributed by atoms with van der Waals surface area (Å²) in [6, 6.07) is 2.29. The summed E-state index contributed by atoms with van der Waals surface area (Å²) in [6.45, 7) is 1.74. The molecule has 0 saturated carbocycles. The summed E-state index contributed by atoms with van der Waals surface area (Å²) in [4.78, 5) is 0. The van der Waals surface area contributed by atoms with E-state index in [9.17, 15) is 14.6 Å². The average Bonchev–Trinajstić information content (AvgIpc) is 2.25. The minimum absolute atomic E-state index is 0.0704. The van der Waals surface area contributed by atoms with Crippen molar-refractivity contribution in [2.24, 2.45) is 0 Å². The van der Waals surface area contributed by atoms with Gasteiger partial charge in [-0.25, -0.2) is 4.39 Å². The van der Waals surface area contributed by atoms with E-state index < -0.39 is 11.6 Å². The van der Waals surface area contributed by atoms with E-state index in [1.165, 1.54) is 6.07 Å². The topological polar surface area (TPSA) is 52.5 Å². The maximum atomic E-state index is 12.9. The van der Waals surface area contributed by atoms with Gasteiger partial charge in [0, 0.05) is 24.1 Å². The van der Waals surface area contributed by atoms with Crippen LogP contribution in [0.15, 0.2) is 12.1 Å². The highest BCUT2D eigenvalue weighted by molar-refractivity contribution is 5.42. The van der Waals surface area contributed by atoms with Gasteiger partial charge in [-0.3, -0.25) is 0 Å². The van der Waals surface area contributed by atoms with Crippen molar-refractivity contribution in [2.75, 3.05) is 13.1 Å². The maximum absolute atomic E-state index is 12.9. The minimum Gasteiger partial charge on any atom is -0.508 e. The molecule has 0 bridgehead atoms. The molecule has 3 N–H and O–H groups in total. The van der Waals surface area contributed by atoms with Gasteiger partial charge in [-0.05, 0) is 25.5 Å². The molecule has 1 aliphatic heterocycles. The molecule has 0 spiro atoms. The van der Waals surface area contributed by atoms with Gasteiger partial charge in [0.15, 0.2) is 11.6 Å². The van der Waals surface area contributed by atoms with E-state index in [2.05, 4.69) is 5.32 Å². The molecule has 2 rings (SSSR count).